The van der Waals surface area contributed by atoms with E-state index in [2.05, 4.69) is 30.0 Å². The lowest BCUT2D eigenvalue weighted by Gasteiger charge is -2.08. The maximum absolute atomic E-state index is 12.2. The number of carbonyl (C=O) groups is 1. The summed E-state index contributed by atoms with van der Waals surface area (Å²) in [4.78, 5) is 12.2. The summed E-state index contributed by atoms with van der Waals surface area (Å²) in [5.41, 5.74) is 2.58. The maximum Gasteiger partial charge on any atom is 0.255 e. The van der Waals surface area contributed by atoms with Crippen LogP contribution in [-0.2, 0) is 11.4 Å². The maximum atomic E-state index is 12.2. The SMILES string of the molecule is O=C(Nc1cccc2c1N=S=N2)c1ccc(Br)c(Cl)c1. The number of rotatable bonds is 2. The Morgan fingerprint density at radius 1 is 1.25 bits per heavy atom. The molecule has 0 saturated carbocycles. The summed E-state index contributed by atoms with van der Waals surface area (Å²) < 4.78 is 9.07. The van der Waals surface area contributed by atoms with Gasteiger partial charge >= 0.3 is 0 Å². The summed E-state index contributed by atoms with van der Waals surface area (Å²) >= 11 is 10.4. The Kier molecular flexibility index (Phi) is 3.69. The number of carbonyl (C=O) groups excluding carboxylic acids is 1. The molecule has 0 aliphatic carbocycles. The van der Waals surface area contributed by atoms with Crippen LogP contribution in [0.5, 0.6) is 0 Å². The first-order valence-corrected chi connectivity index (χ1v) is 7.53. The Bertz CT molecular complexity index is 787. The second-order valence-electron chi connectivity index (χ2n) is 4.02. The molecule has 2 aromatic carbocycles. The molecule has 0 unspecified atom stereocenters. The van der Waals surface area contributed by atoms with E-state index in [1.807, 2.05) is 12.1 Å². The lowest BCUT2D eigenvalue weighted by Crippen LogP contribution is -2.11. The minimum atomic E-state index is -0.236. The first-order valence-electron chi connectivity index (χ1n) is 5.63. The van der Waals surface area contributed by atoms with Crippen LogP contribution in [0.3, 0.4) is 0 Å². The van der Waals surface area contributed by atoms with E-state index in [-0.39, 0.29) is 5.91 Å². The number of fused-ring (bicyclic) bond motifs is 1. The van der Waals surface area contributed by atoms with E-state index >= 15 is 0 Å². The molecule has 1 N–H and O–H groups in total. The minimum Gasteiger partial charge on any atom is -0.320 e. The molecular weight excluding hydrogens is 362 g/mol. The Labute approximate surface area is 132 Å². The van der Waals surface area contributed by atoms with Crippen LogP contribution >= 0.6 is 27.5 Å². The van der Waals surface area contributed by atoms with Gasteiger partial charge in [0.05, 0.1) is 22.1 Å². The summed E-state index contributed by atoms with van der Waals surface area (Å²) in [6.45, 7) is 0. The van der Waals surface area contributed by atoms with Crippen LogP contribution in [0.1, 0.15) is 10.4 Å². The summed E-state index contributed by atoms with van der Waals surface area (Å²) in [7, 11) is 0. The summed E-state index contributed by atoms with van der Waals surface area (Å²) in [5, 5.41) is 3.32. The molecule has 0 fully saturated rings. The van der Waals surface area contributed by atoms with Crippen molar-refractivity contribution in [2.75, 3.05) is 5.32 Å². The summed E-state index contributed by atoms with van der Waals surface area (Å²) in [6, 6.07) is 10.5. The molecule has 0 saturated heterocycles. The molecule has 1 heterocycles. The number of benzene rings is 2. The van der Waals surface area contributed by atoms with Crippen molar-refractivity contribution in [1.82, 2.24) is 0 Å². The highest BCUT2D eigenvalue weighted by atomic mass is 79.9. The van der Waals surface area contributed by atoms with Crippen molar-refractivity contribution in [3.05, 3.63) is 51.5 Å². The Balaban J connectivity index is 1.88. The highest BCUT2D eigenvalue weighted by Crippen LogP contribution is 2.38. The number of amides is 1. The van der Waals surface area contributed by atoms with E-state index in [1.165, 1.54) is 0 Å². The average Bonchev–Trinajstić information content (AvgIpc) is 2.91. The van der Waals surface area contributed by atoms with Gasteiger partial charge in [-0.2, -0.15) is 8.73 Å². The molecule has 2 aromatic rings. The monoisotopic (exact) mass is 367 g/mol. The quantitative estimate of drug-likeness (QED) is 0.673. The van der Waals surface area contributed by atoms with Crippen molar-refractivity contribution in [3.63, 3.8) is 0 Å². The van der Waals surface area contributed by atoms with E-state index in [0.717, 1.165) is 21.5 Å². The van der Waals surface area contributed by atoms with Gasteiger partial charge in [-0.25, -0.2) is 0 Å². The van der Waals surface area contributed by atoms with Gasteiger partial charge in [-0.1, -0.05) is 17.7 Å². The lowest BCUT2D eigenvalue weighted by molar-refractivity contribution is 0.102. The van der Waals surface area contributed by atoms with E-state index in [0.29, 0.717) is 22.0 Å². The van der Waals surface area contributed by atoms with Crippen LogP contribution in [0.15, 0.2) is 49.6 Å². The highest BCUT2D eigenvalue weighted by Gasteiger charge is 2.14. The number of anilines is 1. The number of hydrogen-bond acceptors (Lipinski definition) is 3. The number of nitrogens with zero attached hydrogens (tertiary/aromatic N) is 2. The summed E-state index contributed by atoms with van der Waals surface area (Å²) in [5.74, 6) is -0.236. The third kappa shape index (κ3) is 2.54. The molecular formula is C13H7BrClN3OS. The van der Waals surface area contributed by atoms with Crippen LogP contribution in [0.25, 0.3) is 0 Å². The fourth-order valence-electron chi connectivity index (χ4n) is 1.74. The zero-order valence-corrected chi connectivity index (χ0v) is 13.1. The Hall–Kier alpha value is -1.50. The van der Waals surface area contributed by atoms with Crippen LogP contribution in [-0.4, -0.2) is 5.91 Å². The van der Waals surface area contributed by atoms with E-state index in [1.54, 1.807) is 24.3 Å². The highest BCUT2D eigenvalue weighted by molar-refractivity contribution is 9.10. The van der Waals surface area contributed by atoms with Crippen molar-refractivity contribution in [2.24, 2.45) is 8.73 Å². The molecule has 1 aliphatic rings. The van der Waals surface area contributed by atoms with Gasteiger partial charge in [-0.15, -0.1) is 0 Å². The summed E-state index contributed by atoms with van der Waals surface area (Å²) in [6.07, 6.45) is 0. The smallest absolute Gasteiger partial charge is 0.255 e. The Morgan fingerprint density at radius 3 is 2.90 bits per heavy atom. The van der Waals surface area contributed by atoms with Gasteiger partial charge < -0.3 is 5.32 Å². The number of halogens is 2. The van der Waals surface area contributed by atoms with E-state index in [9.17, 15) is 4.79 Å². The second-order valence-corrected chi connectivity index (χ2v) is 5.81. The molecule has 0 atom stereocenters. The molecule has 100 valence electrons. The average molecular weight is 369 g/mol. The van der Waals surface area contributed by atoms with Gasteiger partial charge in [0.15, 0.2) is 0 Å². The normalized spacial score (nSPS) is 11.9. The zero-order chi connectivity index (χ0) is 14.1. The van der Waals surface area contributed by atoms with Crippen LogP contribution in [0.4, 0.5) is 17.1 Å². The van der Waals surface area contributed by atoms with Gasteiger partial charge in [-0.05, 0) is 46.3 Å². The topological polar surface area (TPSA) is 53.8 Å². The van der Waals surface area contributed by atoms with Crippen molar-refractivity contribution >= 4 is 61.9 Å². The fourth-order valence-corrected chi connectivity index (χ4v) is 2.72. The first-order chi connectivity index (χ1) is 9.65. The predicted octanol–water partition coefficient (Wildman–Crippen LogP) is 5.08. The zero-order valence-electron chi connectivity index (χ0n) is 9.93. The van der Waals surface area contributed by atoms with Crippen LogP contribution in [0, 0.1) is 0 Å². The molecule has 0 aromatic heterocycles. The van der Waals surface area contributed by atoms with E-state index in [4.69, 9.17) is 11.6 Å². The van der Waals surface area contributed by atoms with Crippen molar-refractivity contribution in [3.8, 4) is 0 Å². The van der Waals surface area contributed by atoms with E-state index < -0.39 is 0 Å². The number of nitrogens with one attached hydrogen (secondary N) is 1. The van der Waals surface area contributed by atoms with Gasteiger partial charge in [-0.3, -0.25) is 4.79 Å². The van der Waals surface area contributed by atoms with Crippen molar-refractivity contribution in [1.29, 1.82) is 0 Å². The third-order valence-corrected chi connectivity index (χ3v) is 4.49. The molecule has 3 rings (SSSR count). The molecule has 7 heteroatoms. The van der Waals surface area contributed by atoms with Crippen LogP contribution < -0.4 is 5.32 Å². The molecule has 1 aliphatic heterocycles. The standard InChI is InChI=1S/C13H7BrClN3OS/c14-8-5-4-7(6-9(8)15)13(19)16-10-2-1-3-11-12(10)18-20-17-11/h1-6H,(H,16,19). The van der Waals surface area contributed by atoms with Gasteiger partial charge in [0.25, 0.3) is 5.91 Å². The third-order valence-electron chi connectivity index (χ3n) is 2.72. The van der Waals surface area contributed by atoms with Gasteiger partial charge in [0.2, 0.25) is 0 Å². The molecule has 4 nitrogen and oxygen atoms in total. The Morgan fingerprint density at radius 2 is 2.10 bits per heavy atom. The van der Waals surface area contributed by atoms with Crippen LogP contribution in [0.2, 0.25) is 5.02 Å². The van der Waals surface area contributed by atoms with Gasteiger partial charge in [0, 0.05) is 10.0 Å². The molecule has 0 radical (unpaired) electrons. The molecule has 0 bridgehead atoms. The molecule has 1 amide bonds. The predicted molar refractivity (Wildman–Crippen MR) is 85.1 cm³/mol. The lowest BCUT2D eigenvalue weighted by atomic mass is 10.2. The second kappa shape index (κ2) is 5.47. The van der Waals surface area contributed by atoms with Crippen molar-refractivity contribution in [2.45, 2.75) is 0 Å². The van der Waals surface area contributed by atoms with Crippen molar-refractivity contribution < 1.29 is 4.79 Å². The molecule has 20 heavy (non-hydrogen) atoms. The largest absolute Gasteiger partial charge is 0.320 e. The van der Waals surface area contributed by atoms with Gasteiger partial charge in [0.1, 0.15) is 11.4 Å². The number of hydrogen-bond donors (Lipinski definition) is 1. The minimum absolute atomic E-state index is 0.236. The first kappa shape index (κ1) is 13.5. The molecule has 0 spiro atoms. The fraction of sp³-hybridized carbons (Fsp3) is 0.